The van der Waals surface area contributed by atoms with E-state index in [2.05, 4.69) is 23.1 Å². The monoisotopic (exact) mass is 440 g/mol. The molecule has 0 aliphatic carbocycles. The first-order valence-corrected chi connectivity index (χ1v) is 11.6. The lowest BCUT2D eigenvalue weighted by Crippen LogP contribution is -2.37. The number of hydrogen-bond donors (Lipinski definition) is 0. The topological polar surface area (TPSA) is 40.6 Å². The molecular weight excluding hydrogens is 416 g/mol. The van der Waals surface area contributed by atoms with Gasteiger partial charge in [-0.05, 0) is 42.2 Å². The fourth-order valence-corrected chi connectivity index (χ4v) is 5.25. The van der Waals surface area contributed by atoms with Gasteiger partial charge in [0, 0.05) is 18.0 Å². The van der Waals surface area contributed by atoms with Crippen LogP contribution >= 0.6 is 11.8 Å². The summed E-state index contributed by atoms with van der Waals surface area (Å²) in [5, 5.41) is 0. The molecule has 0 saturated heterocycles. The highest BCUT2D eigenvalue weighted by atomic mass is 32.2. The van der Waals surface area contributed by atoms with Crippen LogP contribution < -0.4 is 0 Å². The average molecular weight is 441 g/mol. The molecule has 5 rings (SSSR count). The Balaban J connectivity index is 1.50. The molecule has 0 unspecified atom stereocenters. The Labute approximate surface area is 192 Å². The van der Waals surface area contributed by atoms with Crippen molar-refractivity contribution in [1.82, 2.24) is 9.80 Å². The molecule has 0 N–H and O–H groups in total. The normalized spacial score (nSPS) is 16.0. The lowest BCUT2D eigenvalue weighted by molar-refractivity contribution is -0.138. The largest absolute Gasteiger partial charge is 0.361 e. The second-order valence-corrected chi connectivity index (χ2v) is 9.30. The number of rotatable bonds is 5. The molecule has 2 aliphatic heterocycles. The summed E-state index contributed by atoms with van der Waals surface area (Å²) in [4.78, 5) is 32.0. The van der Waals surface area contributed by atoms with Gasteiger partial charge < -0.3 is 4.90 Å². The number of aryl methyl sites for hydroxylation is 1. The summed E-state index contributed by atoms with van der Waals surface area (Å²) >= 11 is 1.40. The molecule has 0 bridgehead atoms. The third-order valence-electron chi connectivity index (χ3n) is 5.97. The molecule has 0 spiro atoms. The fraction of sp³-hybridized carbons (Fsp3) is 0.185. The quantitative estimate of drug-likeness (QED) is 0.528. The van der Waals surface area contributed by atoms with Crippen LogP contribution in [-0.2, 0) is 29.1 Å². The summed E-state index contributed by atoms with van der Waals surface area (Å²) in [7, 11) is 0. The summed E-state index contributed by atoms with van der Waals surface area (Å²) in [6, 6.07) is 26.1. The van der Waals surface area contributed by atoms with Crippen molar-refractivity contribution in [1.29, 1.82) is 0 Å². The summed E-state index contributed by atoms with van der Waals surface area (Å²) < 4.78 is 0. The smallest absolute Gasteiger partial charge is 0.278 e. The van der Waals surface area contributed by atoms with Gasteiger partial charge in [0.25, 0.3) is 11.8 Å². The SMILES string of the molecule is Cc1ccc(SC2=C(N3CCc4ccccc4C3)C(=O)N(Cc3ccccc3)C2=O)cc1. The highest BCUT2D eigenvalue weighted by molar-refractivity contribution is 8.04. The molecule has 4 nitrogen and oxygen atoms in total. The van der Waals surface area contributed by atoms with Crippen LogP contribution in [0.25, 0.3) is 0 Å². The summed E-state index contributed by atoms with van der Waals surface area (Å²) in [5.74, 6) is -0.411. The van der Waals surface area contributed by atoms with Gasteiger partial charge in [-0.25, -0.2) is 0 Å². The highest BCUT2D eigenvalue weighted by Crippen LogP contribution is 2.38. The van der Waals surface area contributed by atoms with Crippen LogP contribution in [0.2, 0.25) is 0 Å². The van der Waals surface area contributed by atoms with Crippen LogP contribution in [0.4, 0.5) is 0 Å². The molecule has 0 saturated carbocycles. The van der Waals surface area contributed by atoms with E-state index in [1.54, 1.807) is 0 Å². The zero-order valence-electron chi connectivity index (χ0n) is 18.0. The third kappa shape index (κ3) is 3.96. The molecule has 2 heterocycles. The first-order valence-electron chi connectivity index (χ1n) is 10.8. The minimum atomic E-state index is -0.210. The van der Waals surface area contributed by atoms with Crippen molar-refractivity contribution in [3.05, 3.63) is 112 Å². The number of fused-ring (bicyclic) bond motifs is 1. The zero-order valence-corrected chi connectivity index (χ0v) is 18.8. The molecule has 5 heteroatoms. The van der Waals surface area contributed by atoms with Crippen LogP contribution in [-0.4, -0.2) is 28.2 Å². The molecule has 160 valence electrons. The minimum Gasteiger partial charge on any atom is -0.361 e. The third-order valence-corrected chi connectivity index (χ3v) is 7.05. The van der Waals surface area contributed by atoms with Crippen molar-refractivity contribution in [2.24, 2.45) is 0 Å². The highest BCUT2D eigenvalue weighted by Gasteiger charge is 2.42. The van der Waals surface area contributed by atoms with Crippen molar-refractivity contribution in [3.63, 3.8) is 0 Å². The van der Waals surface area contributed by atoms with Crippen LogP contribution in [0, 0.1) is 6.92 Å². The number of imide groups is 1. The van der Waals surface area contributed by atoms with Gasteiger partial charge in [0.05, 0.1) is 6.54 Å². The number of carbonyl (C=O) groups excluding carboxylic acids is 2. The molecule has 0 fully saturated rings. The molecule has 0 atom stereocenters. The minimum absolute atomic E-state index is 0.201. The van der Waals surface area contributed by atoms with Crippen LogP contribution in [0.3, 0.4) is 0 Å². The van der Waals surface area contributed by atoms with Gasteiger partial charge >= 0.3 is 0 Å². The zero-order chi connectivity index (χ0) is 22.1. The lowest BCUT2D eigenvalue weighted by Gasteiger charge is -2.31. The first-order chi connectivity index (χ1) is 15.6. The fourth-order valence-electron chi connectivity index (χ4n) is 4.23. The predicted octanol–water partition coefficient (Wildman–Crippen LogP) is 4.93. The Morgan fingerprint density at radius 3 is 2.25 bits per heavy atom. The number of amides is 2. The Morgan fingerprint density at radius 2 is 1.50 bits per heavy atom. The Bertz CT molecular complexity index is 1200. The molecule has 32 heavy (non-hydrogen) atoms. The maximum absolute atomic E-state index is 13.6. The summed E-state index contributed by atoms with van der Waals surface area (Å²) in [6.07, 6.45) is 0.863. The molecule has 2 aliphatic rings. The van der Waals surface area contributed by atoms with E-state index in [1.165, 1.54) is 27.8 Å². The second-order valence-electron chi connectivity index (χ2n) is 8.22. The molecule has 3 aromatic carbocycles. The van der Waals surface area contributed by atoms with Crippen molar-refractivity contribution >= 4 is 23.6 Å². The van der Waals surface area contributed by atoms with Gasteiger partial charge in [-0.2, -0.15) is 0 Å². The van der Waals surface area contributed by atoms with E-state index in [-0.39, 0.29) is 18.4 Å². The van der Waals surface area contributed by atoms with Crippen molar-refractivity contribution in [2.45, 2.75) is 31.3 Å². The van der Waals surface area contributed by atoms with Crippen LogP contribution in [0.5, 0.6) is 0 Å². The molecule has 0 radical (unpaired) electrons. The summed E-state index contributed by atoms with van der Waals surface area (Å²) in [5.41, 5.74) is 5.17. The van der Waals surface area contributed by atoms with Gasteiger partial charge in [-0.15, -0.1) is 0 Å². The van der Waals surface area contributed by atoms with E-state index in [0.717, 1.165) is 29.0 Å². The molecule has 2 amide bonds. The van der Waals surface area contributed by atoms with Crippen molar-refractivity contribution in [2.75, 3.05) is 6.54 Å². The Kier molecular flexibility index (Phi) is 5.58. The number of hydrogen-bond acceptors (Lipinski definition) is 4. The van der Waals surface area contributed by atoms with Gasteiger partial charge in [-0.3, -0.25) is 14.5 Å². The molecular formula is C27H24N2O2S. The van der Waals surface area contributed by atoms with Gasteiger partial charge in [0.1, 0.15) is 10.6 Å². The molecule has 0 aromatic heterocycles. The first kappa shape index (κ1) is 20.6. The number of nitrogens with zero attached hydrogens (tertiary/aromatic N) is 2. The lowest BCUT2D eigenvalue weighted by atomic mass is 9.99. The number of benzene rings is 3. The predicted molar refractivity (Wildman–Crippen MR) is 127 cm³/mol. The van der Waals surface area contributed by atoms with E-state index < -0.39 is 0 Å². The molecule has 3 aromatic rings. The average Bonchev–Trinajstić information content (AvgIpc) is 3.05. The number of thioether (sulfide) groups is 1. The summed E-state index contributed by atoms with van der Waals surface area (Å²) in [6.45, 7) is 3.69. The van der Waals surface area contributed by atoms with Gasteiger partial charge in [-0.1, -0.05) is 84.1 Å². The van der Waals surface area contributed by atoms with Crippen molar-refractivity contribution in [3.8, 4) is 0 Å². The van der Waals surface area contributed by atoms with Gasteiger partial charge in [0.2, 0.25) is 0 Å². The van der Waals surface area contributed by atoms with E-state index >= 15 is 0 Å². The van der Waals surface area contributed by atoms with E-state index in [1.807, 2.05) is 67.6 Å². The van der Waals surface area contributed by atoms with E-state index in [4.69, 9.17) is 0 Å². The van der Waals surface area contributed by atoms with E-state index in [9.17, 15) is 9.59 Å². The van der Waals surface area contributed by atoms with E-state index in [0.29, 0.717) is 17.1 Å². The Hall–Kier alpha value is -3.31. The van der Waals surface area contributed by atoms with Crippen LogP contribution in [0.1, 0.15) is 22.3 Å². The van der Waals surface area contributed by atoms with Gasteiger partial charge in [0.15, 0.2) is 0 Å². The van der Waals surface area contributed by atoms with Crippen LogP contribution in [0.15, 0.2) is 94.4 Å². The second kappa shape index (κ2) is 8.67. The van der Waals surface area contributed by atoms with Crippen molar-refractivity contribution < 1.29 is 9.59 Å². The maximum Gasteiger partial charge on any atom is 0.278 e. The standard InChI is InChI=1S/C27H24N2O2S/c1-19-11-13-23(14-12-19)32-25-24(28-16-15-21-9-5-6-10-22(21)18-28)26(30)29(27(25)31)17-20-7-3-2-4-8-20/h2-14H,15-18H2,1H3. The maximum atomic E-state index is 13.6. The Morgan fingerprint density at radius 1 is 0.812 bits per heavy atom. The number of carbonyl (C=O) groups is 2.